The number of esters is 1. The van der Waals surface area contributed by atoms with Gasteiger partial charge in [-0.15, -0.1) is 0 Å². The van der Waals surface area contributed by atoms with E-state index in [2.05, 4.69) is 0 Å². The quantitative estimate of drug-likeness (QED) is 0.666. The summed E-state index contributed by atoms with van der Waals surface area (Å²) in [6.45, 7) is 2.30. The number of rotatable bonds is 8. The Morgan fingerprint density at radius 1 is 1.11 bits per heavy atom. The van der Waals surface area contributed by atoms with Gasteiger partial charge in [0.15, 0.2) is 5.75 Å². The zero-order chi connectivity index (χ0) is 19.8. The first-order chi connectivity index (χ1) is 12.9. The molecule has 1 aromatic carbocycles. The van der Waals surface area contributed by atoms with Crippen LogP contribution in [-0.4, -0.2) is 42.0 Å². The minimum Gasteiger partial charge on any atom is -0.462 e. The van der Waals surface area contributed by atoms with Gasteiger partial charge in [0.2, 0.25) is 11.3 Å². The molecule has 1 heterocycles. The maximum atomic E-state index is 12.6. The Hall–Kier alpha value is -3.09. The highest BCUT2D eigenvalue weighted by molar-refractivity contribution is 5.89. The number of pyridine rings is 1. The maximum absolute atomic E-state index is 12.6. The fourth-order valence-electron chi connectivity index (χ4n) is 2.41. The Morgan fingerprint density at radius 2 is 1.81 bits per heavy atom. The summed E-state index contributed by atoms with van der Waals surface area (Å²) in [5, 5.41) is 0. The summed E-state index contributed by atoms with van der Waals surface area (Å²) in [6, 6.07) is 8.85. The second-order valence-corrected chi connectivity index (χ2v) is 6.13. The van der Waals surface area contributed by atoms with Gasteiger partial charge in [-0.2, -0.15) is 0 Å². The maximum Gasteiger partial charge on any atom is 0.343 e. The molecule has 0 aliphatic heterocycles. The van der Waals surface area contributed by atoms with Crippen molar-refractivity contribution in [1.29, 1.82) is 0 Å². The highest BCUT2D eigenvalue weighted by Gasteiger charge is 2.17. The lowest BCUT2D eigenvalue weighted by Gasteiger charge is -2.13. The zero-order valence-corrected chi connectivity index (χ0v) is 15.8. The third-order valence-corrected chi connectivity index (χ3v) is 3.82. The van der Waals surface area contributed by atoms with Crippen molar-refractivity contribution in [2.45, 2.75) is 26.3 Å². The van der Waals surface area contributed by atoms with Crippen molar-refractivity contribution in [2.75, 3.05) is 20.7 Å². The fourth-order valence-corrected chi connectivity index (χ4v) is 2.41. The second kappa shape index (κ2) is 9.56. The third-order valence-electron chi connectivity index (χ3n) is 3.82. The number of hydrogen-bond donors (Lipinski definition) is 0. The lowest BCUT2D eigenvalue weighted by molar-refractivity contribution is -0.128. The van der Waals surface area contributed by atoms with Gasteiger partial charge in [-0.25, -0.2) is 4.79 Å². The van der Waals surface area contributed by atoms with Crippen LogP contribution in [0.25, 0.3) is 0 Å². The number of amides is 1. The third kappa shape index (κ3) is 5.70. The first-order valence-electron chi connectivity index (χ1n) is 8.76. The highest BCUT2D eigenvalue weighted by Crippen LogP contribution is 2.18. The van der Waals surface area contributed by atoms with Gasteiger partial charge < -0.3 is 18.9 Å². The average molecular weight is 372 g/mol. The second-order valence-electron chi connectivity index (χ2n) is 6.13. The Morgan fingerprint density at radius 3 is 2.44 bits per heavy atom. The molecular weight excluding hydrogens is 348 g/mol. The number of benzene rings is 1. The molecule has 1 aromatic heterocycles. The topological polar surface area (TPSA) is 77.8 Å². The molecule has 0 radical (unpaired) electrons. The fraction of sp³-hybridized carbons (Fsp3) is 0.350. The van der Waals surface area contributed by atoms with Crippen LogP contribution in [0, 0.1) is 0 Å². The van der Waals surface area contributed by atoms with Gasteiger partial charge in [-0.1, -0.05) is 18.2 Å². The van der Waals surface area contributed by atoms with Crippen LogP contribution in [0.3, 0.4) is 0 Å². The molecule has 0 bridgehead atoms. The Kier molecular flexibility index (Phi) is 7.16. The van der Waals surface area contributed by atoms with Crippen LogP contribution in [0.2, 0.25) is 0 Å². The molecule has 0 fully saturated rings. The number of carbonyl (C=O) groups excluding carboxylic acids is 2. The predicted molar refractivity (Wildman–Crippen MR) is 101 cm³/mol. The number of para-hydroxylation sites is 1. The largest absolute Gasteiger partial charge is 0.462 e. The van der Waals surface area contributed by atoms with Gasteiger partial charge in [0.05, 0.1) is 12.8 Å². The standard InChI is InChI=1S/C20H24N2O5/c1-4-26-20(25)16-13-22(12-8-11-18(23)21(2)3)14-17(19(16)24)27-15-9-6-5-7-10-15/h5-7,9-10,13-14H,4,8,11-12H2,1-3H3. The summed E-state index contributed by atoms with van der Waals surface area (Å²) < 4.78 is 12.3. The molecule has 27 heavy (non-hydrogen) atoms. The summed E-state index contributed by atoms with van der Waals surface area (Å²) in [5.41, 5.74) is -0.623. The van der Waals surface area contributed by atoms with Crippen LogP contribution >= 0.6 is 0 Å². The number of aromatic nitrogens is 1. The summed E-state index contributed by atoms with van der Waals surface area (Å²) in [4.78, 5) is 38.0. The Bertz CT molecular complexity index is 843. The van der Waals surface area contributed by atoms with Crippen molar-refractivity contribution in [2.24, 2.45) is 0 Å². The van der Waals surface area contributed by atoms with Crippen molar-refractivity contribution >= 4 is 11.9 Å². The van der Waals surface area contributed by atoms with Crippen LogP contribution in [0.1, 0.15) is 30.1 Å². The van der Waals surface area contributed by atoms with Crippen LogP contribution in [-0.2, 0) is 16.1 Å². The van der Waals surface area contributed by atoms with Crippen molar-refractivity contribution < 1.29 is 19.1 Å². The van der Waals surface area contributed by atoms with Crippen molar-refractivity contribution in [3.63, 3.8) is 0 Å². The summed E-state index contributed by atoms with van der Waals surface area (Å²) in [6.07, 6.45) is 3.91. The van der Waals surface area contributed by atoms with Gasteiger partial charge in [-0.3, -0.25) is 9.59 Å². The highest BCUT2D eigenvalue weighted by atomic mass is 16.5. The van der Waals surface area contributed by atoms with E-state index >= 15 is 0 Å². The molecule has 7 nitrogen and oxygen atoms in total. The molecule has 0 atom stereocenters. The molecular formula is C20H24N2O5. The van der Waals surface area contributed by atoms with Gasteiger partial charge in [0.25, 0.3) is 0 Å². The van der Waals surface area contributed by atoms with E-state index in [1.165, 1.54) is 17.3 Å². The molecule has 0 unspecified atom stereocenters. The first-order valence-corrected chi connectivity index (χ1v) is 8.76. The predicted octanol–water partition coefficient (Wildman–Crippen LogP) is 2.69. The molecule has 0 spiro atoms. The lowest BCUT2D eigenvalue weighted by Crippen LogP contribution is -2.23. The molecule has 144 valence electrons. The summed E-state index contributed by atoms with van der Waals surface area (Å²) >= 11 is 0. The monoisotopic (exact) mass is 372 g/mol. The smallest absolute Gasteiger partial charge is 0.343 e. The van der Waals surface area contributed by atoms with Crippen molar-refractivity contribution in [1.82, 2.24) is 9.47 Å². The van der Waals surface area contributed by atoms with E-state index in [4.69, 9.17) is 9.47 Å². The van der Waals surface area contributed by atoms with Gasteiger partial charge in [0.1, 0.15) is 11.3 Å². The van der Waals surface area contributed by atoms with E-state index in [1.54, 1.807) is 49.9 Å². The molecule has 1 amide bonds. The molecule has 2 rings (SSSR count). The number of carbonyl (C=O) groups is 2. The zero-order valence-electron chi connectivity index (χ0n) is 15.8. The number of ether oxygens (including phenoxy) is 2. The number of aryl methyl sites for hydroxylation is 1. The minimum absolute atomic E-state index is 0.0161. The molecule has 0 saturated heterocycles. The molecule has 7 heteroatoms. The van der Waals surface area contributed by atoms with E-state index in [0.717, 1.165) is 0 Å². The molecule has 0 aliphatic rings. The van der Waals surface area contributed by atoms with E-state index in [9.17, 15) is 14.4 Å². The molecule has 2 aromatic rings. The average Bonchev–Trinajstić information content (AvgIpc) is 2.64. The van der Waals surface area contributed by atoms with E-state index in [-0.39, 0.29) is 23.8 Å². The molecule has 0 N–H and O–H groups in total. The van der Waals surface area contributed by atoms with Crippen LogP contribution < -0.4 is 10.2 Å². The van der Waals surface area contributed by atoms with Crippen LogP contribution in [0.15, 0.2) is 47.5 Å². The van der Waals surface area contributed by atoms with Crippen molar-refractivity contribution in [3.05, 3.63) is 58.5 Å². The number of nitrogens with zero attached hydrogens (tertiary/aromatic N) is 2. The van der Waals surface area contributed by atoms with Crippen LogP contribution in [0.4, 0.5) is 0 Å². The Labute approximate surface area is 158 Å². The lowest BCUT2D eigenvalue weighted by atomic mass is 10.2. The first kappa shape index (κ1) is 20.2. The van der Waals surface area contributed by atoms with Crippen LogP contribution in [0.5, 0.6) is 11.5 Å². The van der Waals surface area contributed by atoms with E-state index < -0.39 is 11.4 Å². The molecule has 0 aliphatic carbocycles. The van der Waals surface area contributed by atoms with E-state index in [1.807, 2.05) is 6.07 Å². The van der Waals surface area contributed by atoms with Gasteiger partial charge in [-0.05, 0) is 25.5 Å². The van der Waals surface area contributed by atoms with Gasteiger partial charge >= 0.3 is 5.97 Å². The van der Waals surface area contributed by atoms with Crippen molar-refractivity contribution in [3.8, 4) is 11.5 Å². The molecule has 0 saturated carbocycles. The Balaban J connectivity index is 2.28. The number of hydrogen-bond acceptors (Lipinski definition) is 5. The normalized spacial score (nSPS) is 10.3. The summed E-state index contributed by atoms with van der Waals surface area (Å²) in [7, 11) is 3.40. The summed E-state index contributed by atoms with van der Waals surface area (Å²) in [5.74, 6) is -0.155. The van der Waals surface area contributed by atoms with E-state index in [0.29, 0.717) is 25.1 Å². The van der Waals surface area contributed by atoms with Gasteiger partial charge in [0, 0.05) is 33.3 Å². The minimum atomic E-state index is -0.695. The SMILES string of the molecule is CCOC(=O)c1cn(CCCC(=O)N(C)C)cc(Oc2ccccc2)c1=O.